The fraction of sp³-hybridized carbons (Fsp3) is 0.588. The molecule has 1 atom stereocenters. The Morgan fingerprint density at radius 3 is 2.32 bits per heavy atom. The van der Waals surface area contributed by atoms with Gasteiger partial charge in [-0.25, -0.2) is 0 Å². The van der Waals surface area contributed by atoms with Gasteiger partial charge in [-0.2, -0.15) is 0 Å². The minimum Gasteiger partial charge on any atom is -0.381 e. The first kappa shape index (κ1) is 18.9. The standard InChI is InChI=1S/C17H26N2O2.ClH/c1-12-8-13(2)10-15(9-12)14(3)19-16(20)17(11-18)4-6-21-7-5-17;/h8-10,14H,4-7,11,18H2,1-3H3,(H,19,20);1H. The van der Waals surface area contributed by atoms with Crippen LogP contribution in [0, 0.1) is 19.3 Å². The van der Waals surface area contributed by atoms with Crippen molar-refractivity contribution in [3.8, 4) is 0 Å². The monoisotopic (exact) mass is 326 g/mol. The number of rotatable bonds is 4. The molecule has 0 aliphatic carbocycles. The quantitative estimate of drug-likeness (QED) is 0.894. The number of ether oxygens (including phenoxy) is 1. The van der Waals surface area contributed by atoms with Crippen molar-refractivity contribution in [2.75, 3.05) is 19.8 Å². The smallest absolute Gasteiger partial charge is 0.228 e. The number of hydrogen-bond donors (Lipinski definition) is 2. The van der Waals surface area contributed by atoms with Gasteiger partial charge in [0.15, 0.2) is 0 Å². The first-order chi connectivity index (χ1) is 9.97. The number of carbonyl (C=O) groups excluding carboxylic acids is 1. The molecule has 1 saturated heterocycles. The summed E-state index contributed by atoms with van der Waals surface area (Å²) >= 11 is 0. The zero-order valence-corrected chi connectivity index (χ0v) is 14.5. The molecule has 1 aromatic rings. The summed E-state index contributed by atoms with van der Waals surface area (Å²) in [7, 11) is 0. The number of aryl methyl sites for hydroxylation is 2. The summed E-state index contributed by atoms with van der Waals surface area (Å²) in [5, 5.41) is 3.14. The highest BCUT2D eigenvalue weighted by Crippen LogP contribution is 2.30. The molecule has 0 radical (unpaired) electrons. The van der Waals surface area contributed by atoms with E-state index in [2.05, 4.69) is 37.4 Å². The molecule has 0 saturated carbocycles. The van der Waals surface area contributed by atoms with E-state index < -0.39 is 5.41 Å². The average molecular weight is 327 g/mol. The van der Waals surface area contributed by atoms with E-state index in [1.807, 2.05) is 6.92 Å². The number of nitrogens with two attached hydrogens (primary N) is 1. The summed E-state index contributed by atoms with van der Waals surface area (Å²) in [6.07, 6.45) is 1.41. The van der Waals surface area contributed by atoms with Crippen molar-refractivity contribution in [1.29, 1.82) is 0 Å². The van der Waals surface area contributed by atoms with E-state index in [4.69, 9.17) is 10.5 Å². The maximum absolute atomic E-state index is 12.7. The molecule has 2 rings (SSSR count). The van der Waals surface area contributed by atoms with E-state index in [1.165, 1.54) is 11.1 Å². The Labute approximate surface area is 139 Å². The van der Waals surface area contributed by atoms with Crippen LogP contribution in [-0.2, 0) is 9.53 Å². The summed E-state index contributed by atoms with van der Waals surface area (Å²) in [5.41, 5.74) is 8.98. The zero-order chi connectivity index (χ0) is 15.5. The molecule has 0 aromatic heterocycles. The summed E-state index contributed by atoms with van der Waals surface area (Å²) in [5.74, 6) is 0.0555. The number of benzene rings is 1. The Kier molecular flexibility index (Phi) is 6.85. The molecule has 1 aromatic carbocycles. The van der Waals surface area contributed by atoms with Gasteiger partial charge in [0.1, 0.15) is 0 Å². The molecule has 1 aliphatic heterocycles. The lowest BCUT2D eigenvalue weighted by Gasteiger charge is -2.35. The minimum absolute atomic E-state index is 0. The van der Waals surface area contributed by atoms with Gasteiger partial charge in [-0.1, -0.05) is 29.3 Å². The fourth-order valence-electron chi connectivity index (χ4n) is 2.98. The van der Waals surface area contributed by atoms with Gasteiger partial charge < -0.3 is 15.8 Å². The maximum Gasteiger partial charge on any atom is 0.228 e. The predicted octanol–water partition coefficient (Wildman–Crippen LogP) is 2.66. The van der Waals surface area contributed by atoms with Gasteiger partial charge in [-0.15, -0.1) is 12.4 Å². The summed E-state index contributed by atoms with van der Waals surface area (Å²) < 4.78 is 5.36. The van der Waals surface area contributed by atoms with Gasteiger partial charge in [0.2, 0.25) is 5.91 Å². The lowest BCUT2D eigenvalue weighted by atomic mass is 9.79. The second kappa shape index (κ2) is 7.95. The topological polar surface area (TPSA) is 64.4 Å². The molecule has 5 heteroatoms. The normalized spacial score (nSPS) is 18.2. The van der Waals surface area contributed by atoms with E-state index in [0.717, 1.165) is 5.56 Å². The lowest BCUT2D eigenvalue weighted by molar-refractivity contribution is -0.136. The van der Waals surface area contributed by atoms with Gasteiger partial charge in [-0.3, -0.25) is 4.79 Å². The highest BCUT2D eigenvalue weighted by atomic mass is 35.5. The van der Waals surface area contributed by atoms with E-state index in [-0.39, 0.29) is 24.4 Å². The molecule has 1 heterocycles. The van der Waals surface area contributed by atoms with Crippen LogP contribution in [0.4, 0.5) is 0 Å². The molecule has 4 nitrogen and oxygen atoms in total. The molecule has 22 heavy (non-hydrogen) atoms. The summed E-state index contributed by atoms with van der Waals surface area (Å²) in [6, 6.07) is 6.37. The number of carbonyl (C=O) groups is 1. The molecule has 0 bridgehead atoms. The van der Waals surface area contributed by atoms with Crippen LogP contribution in [0.15, 0.2) is 18.2 Å². The van der Waals surface area contributed by atoms with Crippen molar-refractivity contribution in [2.45, 2.75) is 39.7 Å². The Bertz CT molecular complexity index is 493. The highest BCUT2D eigenvalue weighted by Gasteiger charge is 2.39. The van der Waals surface area contributed by atoms with Crippen molar-refractivity contribution in [1.82, 2.24) is 5.32 Å². The SMILES string of the molecule is Cc1cc(C)cc(C(C)NC(=O)C2(CN)CCOCC2)c1.Cl. The maximum atomic E-state index is 12.7. The fourth-order valence-corrected chi connectivity index (χ4v) is 2.98. The van der Waals surface area contributed by atoms with Crippen LogP contribution in [0.1, 0.15) is 42.5 Å². The van der Waals surface area contributed by atoms with Crippen LogP contribution in [0.2, 0.25) is 0 Å². The largest absolute Gasteiger partial charge is 0.381 e. The molecule has 1 aliphatic rings. The molecule has 124 valence electrons. The van der Waals surface area contributed by atoms with Gasteiger partial charge in [0.25, 0.3) is 0 Å². The number of amides is 1. The Balaban J connectivity index is 0.00000242. The second-order valence-corrected chi connectivity index (χ2v) is 6.21. The second-order valence-electron chi connectivity index (χ2n) is 6.21. The number of nitrogens with one attached hydrogen (secondary N) is 1. The molecule has 1 unspecified atom stereocenters. The van der Waals surface area contributed by atoms with Crippen LogP contribution < -0.4 is 11.1 Å². The third-order valence-corrected chi connectivity index (χ3v) is 4.41. The van der Waals surface area contributed by atoms with Crippen molar-refractivity contribution in [3.63, 3.8) is 0 Å². The van der Waals surface area contributed by atoms with Crippen LogP contribution >= 0.6 is 12.4 Å². The first-order valence-corrected chi connectivity index (χ1v) is 7.64. The van der Waals surface area contributed by atoms with E-state index in [9.17, 15) is 4.79 Å². The van der Waals surface area contributed by atoms with Gasteiger partial charge in [-0.05, 0) is 39.2 Å². The third kappa shape index (κ3) is 4.22. The van der Waals surface area contributed by atoms with Crippen molar-refractivity contribution in [3.05, 3.63) is 34.9 Å². The molecule has 1 fully saturated rings. The molecule has 1 amide bonds. The van der Waals surface area contributed by atoms with E-state index >= 15 is 0 Å². The van der Waals surface area contributed by atoms with Crippen LogP contribution in [0.3, 0.4) is 0 Å². The Morgan fingerprint density at radius 2 is 1.82 bits per heavy atom. The van der Waals surface area contributed by atoms with Crippen molar-refractivity contribution >= 4 is 18.3 Å². The molecular formula is C17H27ClN2O2. The van der Waals surface area contributed by atoms with Gasteiger partial charge >= 0.3 is 0 Å². The third-order valence-electron chi connectivity index (χ3n) is 4.41. The summed E-state index contributed by atoms with van der Waals surface area (Å²) in [6.45, 7) is 7.78. The summed E-state index contributed by atoms with van der Waals surface area (Å²) in [4.78, 5) is 12.7. The molecule has 3 N–H and O–H groups in total. The van der Waals surface area contributed by atoms with E-state index in [1.54, 1.807) is 0 Å². The number of hydrogen-bond acceptors (Lipinski definition) is 3. The van der Waals surface area contributed by atoms with Crippen LogP contribution in [-0.4, -0.2) is 25.7 Å². The van der Waals surface area contributed by atoms with Gasteiger partial charge in [0.05, 0.1) is 11.5 Å². The Hall–Kier alpha value is -1.10. The predicted molar refractivity (Wildman–Crippen MR) is 91.3 cm³/mol. The van der Waals surface area contributed by atoms with Crippen molar-refractivity contribution < 1.29 is 9.53 Å². The first-order valence-electron chi connectivity index (χ1n) is 7.64. The Morgan fingerprint density at radius 1 is 1.27 bits per heavy atom. The number of halogens is 1. The molecular weight excluding hydrogens is 300 g/mol. The highest BCUT2D eigenvalue weighted by molar-refractivity contribution is 5.85. The zero-order valence-electron chi connectivity index (χ0n) is 13.6. The van der Waals surface area contributed by atoms with Crippen LogP contribution in [0.25, 0.3) is 0 Å². The minimum atomic E-state index is -0.467. The lowest BCUT2D eigenvalue weighted by Crippen LogP contribution is -2.49. The average Bonchev–Trinajstić information content (AvgIpc) is 2.46. The van der Waals surface area contributed by atoms with Crippen LogP contribution in [0.5, 0.6) is 0 Å². The van der Waals surface area contributed by atoms with Crippen molar-refractivity contribution in [2.24, 2.45) is 11.1 Å². The van der Waals surface area contributed by atoms with E-state index in [0.29, 0.717) is 32.6 Å². The molecule has 0 spiro atoms. The van der Waals surface area contributed by atoms with Gasteiger partial charge in [0, 0.05) is 19.8 Å².